The number of likely N-dealkylation sites (N-methyl/N-ethyl adjacent to an activating group) is 1. The number of pyridine rings is 1. The Kier molecular flexibility index (Phi) is 4.65. The van der Waals surface area contributed by atoms with Crippen LogP contribution in [0.4, 0.5) is 11.5 Å². The van der Waals surface area contributed by atoms with E-state index >= 15 is 0 Å². The third kappa shape index (κ3) is 3.55. The highest BCUT2D eigenvalue weighted by Crippen LogP contribution is 2.28. The molecular weight excluding hydrogens is 290 g/mol. The first kappa shape index (κ1) is 15.6. The molecule has 0 unspecified atom stereocenters. The van der Waals surface area contributed by atoms with Gasteiger partial charge in [-0.25, -0.2) is 4.98 Å². The molecular formula is C18H23N3O2. The van der Waals surface area contributed by atoms with Gasteiger partial charge in [-0.2, -0.15) is 0 Å². The summed E-state index contributed by atoms with van der Waals surface area (Å²) in [5.74, 6) is 0.520. The Bertz CT molecular complexity index is 696. The molecule has 1 N–H and O–H groups in total. The van der Waals surface area contributed by atoms with Crippen molar-refractivity contribution in [1.82, 2.24) is 4.98 Å². The van der Waals surface area contributed by atoms with Gasteiger partial charge in [0.15, 0.2) is 0 Å². The molecule has 23 heavy (non-hydrogen) atoms. The summed E-state index contributed by atoms with van der Waals surface area (Å²) in [6.45, 7) is 0.185. The van der Waals surface area contributed by atoms with Crippen molar-refractivity contribution in [2.75, 3.05) is 30.9 Å². The van der Waals surface area contributed by atoms with E-state index in [1.165, 1.54) is 32.8 Å². The summed E-state index contributed by atoms with van der Waals surface area (Å²) in [6, 6.07) is 8.92. The first-order chi connectivity index (χ1) is 11.2. The van der Waals surface area contributed by atoms with Crippen molar-refractivity contribution < 1.29 is 9.53 Å². The van der Waals surface area contributed by atoms with Gasteiger partial charge in [0.25, 0.3) is 0 Å². The molecule has 0 atom stereocenters. The van der Waals surface area contributed by atoms with E-state index in [9.17, 15) is 4.79 Å². The number of fused-ring (bicyclic) bond motifs is 1. The van der Waals surface area contributed by atoms with Crippen LogP contribution >= 0.6 is 0 Å². The number of hydrogen-bond donors (Lipinski definition) is 1. The molecule has 1 aromatic carbocycles. The lowest BCUT2D eigenvalue weighted by Crippen LogP contribution is -2.27. The number of nitrogens with one attached hydrogen (secondary N) is 1. The van der Waals surface area contributed by atoms with Gasteiger partial charge in [0.1, 0.15) is 12.4 Å². The first-order valence-corrected chi connectivity index (χ1v) is 8.10. The first-order valence-electron chi connectivity index (χ1n) is 8.10. The fraction of sp³-hybridized carbons (Fsp3) is 0.444. The second-order valence-electron chi connectivity index (χ2n) is 6.13. The summed E-state index contributed by atoms with van der Waals surface area (Å²) < 4.78 is 4.73. The Balaban J connectivity index is 1.84. The van der Waals surface area contributed by atoms with E-state index in [4.69, 9.17) is 4.74 Å². The van der Waals surface area contributed by atoms with Crippen molar-refractivity contribution in [2.45, 2.75) is 31.7 Å². The Morgan fingerprint density at radius 2 is 2.13 bits per heavy atom. The zero-order valence-electron chi connectivity index (χ0n) is 13.7. The number of ether oxygens (including phenoxy) is 1. The molecule has 3 rings (SSSR count). The molecule has 0 radical (unpaired) electrons. The summed E-state index contributed by atoms with van der Waals surface area (Å²) in [7, 11) is 3.25. The van der Waals surface area contributed by atoms with Crippen LogP contribution in [0.2, 0.25) is 0 Å². The smallest absolute Gasteiger partial charge is 0.325 e. The van der Waals surface area contributed by atoms with Crippen molar-refractivity contribution in [2.24, 2.45) is 0 Å². The maximum absolute atomic E-state index is 11.5. The maximum Gasteiger partial charge on any atom is 0.325 e. The average molecular weight is 313 g/mol. The van der Waals surface area contributed by atoms with Gasteiger partial charge in [-0.05, 0) is 42.5 Å². The lowest BCUT2D eigenvalue weighted by molar-refractivity contribution is -0.138. The van der Waals surface area contributed by atoms with Crippen molar-refractivity contribution in [3.63, 3.8) is 0 Å². The van der Waals surface area contributed by atoms with Crippen LogP contribution in [-0.4, -0.2) is 37.7 Å². The minimum Gasteiger partial charge on any atom is -0.468 e. The molecule has 1 aromatic heterocycles. The van der Waals surface area contributed by atoms with Crippen molar-refractivity contribution in [1.29, 1.82) is 0 Å². The van der Waals surface area contributed by atoms with E-state index in [0.29, 0.717) is 6.04 Å². The number of benzene rings is 1. The monoisotopic (exact) mass is 313 g/mol. The molecule has 0 saturated heterocycles. The molecule has 2 aromatic rings. The van der Waals surface area contributed by atoms with Gasteiger partial charge in [-0.15, -0.1) is 0 Å². The van der Waals surface area contributed by atoms with Gasteiger partial charge in [0.05, 0.1) is 7.11 Å². The molecule has 122 valence electrons. The Morgan fingerprint density at radius 1 is 1.35 bits per heavy atom. The van der Waals surface area contributed by atoms with Crippen LogP contribution in [0.3, 0.4) is 0 Å². The van der Waals surface area contributed by atoms with E-state index in [0.717, 1.165) is 22.3 Å². The summed E-state index contributed by atoms with van der Waals surface area (Å²) >= 11 is 0. The topological polar surface area (TPSA) is 54.5 Å². The molecule has 1 saturated carbocycles. The quantitative estimate of drug-likeness (QED) is 0.859. The SMILES string of the molecule is COC(=O)CN(C)c1nccc2cc(NC3CCCC3)ccc12. The van der Waals surface area contributed by atoms with Crippen LogP contribution in [0.15, 0.2) is 30.5 Å². The minimum atomic E-state index is -0.272. The molecule has 1 fully saturated rings. The van der Waals surface area contributed by atoms with E-state index in [1.54, 1.807) is 6.20 Å². The number of carbonyl (C=O) groups is 1. The minimum absolute atomic E-state index is 0.185. The van der Waals surface area contributed by atoms with Gasteiger partial charge in [0, 0.05) is 30.4 Å². The highest BCUT2D eigenvalue weighted by Gasteiger charge is 2.15. The van der Waals surface area contributed by atoms with E-state index < -0.39 is 0 Å². The van der Waals surface area contributed by atoms with Crippen molar-refractivity contribution in [3.05, 3.63) is 30.5 Å². The standard InChI is InChI=1S/C18H23N3O2/c1-21(12-17(22)23-2)18-16-8-7-15(11-13(16)9-10-19-18)20-14-5-3-4-6-14/h7-11,14,20H,3-6,12H2,1-2H3. The number of methoxy groups -OCH3 is 1. The van der Waals surface area contributed by atoms with Crippen LogP contribution in [0.5, 0.6) is 0 Å². The summed E-state index contributed by atoms with van der Waals surface area (Å²) in [4.78, 5) is 17.7. The number of anilines is 2. The molecule has 0 amide bonds. The molecule has 1 aliphatic carbocycles. The highest BCUT2D eigenvalue weighted by molar-refractivity contribution is 5.95. The number of esters is 1. The third-order valence-corrected chi connectivity index (χ3v) is 4.42. The molecule has 0 aliphatic heterocycles. The molecule has 0 spiro atoms. The predicted molar refractivity (Wildman–Crippen MR) is 92.9 cm³/mol. The average Bonchev–Trinajstić information content (AvgIpc) is 3.06. The number of hydrogen-bond acceptors (Lipinski definition) is 5. The Hall–Kier alpha value is -2.30. The van der Waals surface area contributed by atoms with Gasteiger partial charge in [-0.3, -0.25) is 4.79 Å². The van der Waals surface area contributed by atoms with Gasteiger partial charge in [0.2, 0.25) is 0 Å². The zero-order chi connectivity index (χ0) is 16.2. The fourth-order valence-corrected chi connectivity index (χ4v) is 3.19. The Morgan fingerprint density at radius 3 is 2.87 bits per heavy atom. The molecule has 5 nitrogen and oxygen atoms in total. The predicted octanol–water partition coefficient (Wildman–Crippen LogP) is 3.20. The van der Waals surface area contributed by atoms with E-state index in [1.807, 2.05) is 18.0 Å². The number of rotatable bonds is 5. The van der Waals surface area contributed by atoms with Gasteiger partial charge in [-0.1, -0.05) is 12.8 Å². The van der Waals surface area contributed by atoms with Crippen LogP contribution in [0.25, 0.3) is 10.8 Å². The highest BCUT2D eigenvalue weighted by atomic mass is 16.5. The third-order valence-electron chi connectivity index (χ3n) is 4.42. The second kappa shape index (κ2) is 6.86. The number of aromatic nitrogens is 1. The maximum atomic E-state index is 11.5. The molecule has 5 heteroatoms. The fourth-order valence-electron chi connectivity index (χ4n) is 3.19. The number of carbonyl (C=O) groups excluding carboxylic acids is 1. The second-order valence-corrected chi connectivity index (χ2v) is 6.13. The van der Waals surface area contributed by atoms with Gasteiger partial charge < -0.3 is 15.0 Å². The Labute approximate surface area is 136 Å². The van der Waals surface area contributed by atoms with Crippen molar-refractivity contribution >= 4 is 28.2 Å². The summed E-state index contributed by atoms with van der Waals surface area (Å²) in [6.07, 6.45) is 6.92. The van der Waals surface area contributed by atoms with Crippen LogP contribution in [0, 0.1) is 0 Å². The van der Waals surface area contributed by atoms with E-state index in [2.05, 4.69) is 28.5 Å². The van der Waals surface area contributed by atoms with Crippen LogP contribution in [-0.2, 0) is 9.53 Å². The lowest BCUT2D eigenvalue weighted by Gasteiger charge is -2.19. The normalized spacial score (nSPS) is 14.9. The zero-order valence-corrected chi connectivity index (χ0v) is 13.7. The molecule has 1 aliphatic rings. The lowest BCUT2D eigenvalue weighted by atomic mass is 10.1. The number of nitrogens with zero attached hydrogens (tertiary/aromatic N) is 2. The van der Waals surface area contributed by atoms with Crippen LogP contribution in [0.1, 0.15) is 25.7 Å². The largest absolute Gasteiger partial charge is 0.468 e. The van der Waals surface area contributed by atoms with Crippen LogP contribution < -0.4 is 10.2 Å². The van der Waals surface area contributed by atoms with Crippen molar-refractivity contribution in [3.8, 4) is 0 Å². The van der Waals surface area contributed by atoms with E-state index in [-0.39, 0.29) is 12.5 Å². The molecule has 1 heterocycles. The van der Waals surface area contributed by atoms with Gasteiger partial charge >= 0.3 is 5.97 Å². The summed E-state index contributed by atoms with van der Waals surface area (Å²) in [5.41, 5.74) is 1.15. The molecule has 0 bridgehead atoms. The summed E-state index contributed by atoms with van der Waals surface area (Å²) in [5, 5.41) is 5.77.